The van der Waals surface area contributed by atoms with Gasteiger partial charge < -0.3 is 25.2 Å². The van der Waals surface area contributed by atoms with Crippen molar-refractivity contribution in [1.82, 2.24) is 15.6 Å². The fourth-order valence-corrected chi connectivity index (χ4v) is 2.54. The summed E-state index contributed by atoms with van der Waals surface area (Å²) in [5, 5.41) is 16.2. The van der Waals surface area contributed by atoms with Crippen LogP contribution >= 0.6 is 11.6 Å². The van der Waals surface area contributed by atoms with E-state index in [1.165, 1.54) is 0 Å². The van der Waals surface area contributed by atoms with Crippen LogP contribution in [0.4, 0.5) is 0 Å². The SMILES string of the molecule is CCOc1cc(CNCCNCC(C)O)ccc1OCc1ccc(Cl)nc1. The Morgan fingerprint density at radius 1 is 1.07 bits per heavy atom. The monoisotopic (exact) mass is 393 g/mol. The van der Waals surface area contributed by atoms with Gasteiger partial charge in [0.25, 0.3) is 0 Å². The molecule has 1 unspecified atom stereocenters. The zero-order chi connectivity index (χ0) is 19.5. The Balaban J connectivity index is 1.86. The molecule has 27 heavy (non-hydrogen) atoms. The van der Waals surface area contributed by atoms with Gasteiger partial charge in [0, 0.05) is 37.9 Å². The van der Waals surface area contributed by atoms with E-state index in [0.29, 0.717) is 30.7 Å². The maximum absolute atomic E-state index is 9.20. The number of hydrogen-bond acceptors (Lipinski definition) is 6. The third kappa shape index (κ3) is 8.13. The molecule has 0 amide bonds. The van der Waals surface area contributed by atoms with Gasteiger partial charge in [0.1, 0.15) is 11.8 Å². The van der Waals surface area contributed by atoms with Crippen LogP contribution in [-0.4, -0.2) is 42.4 Å². The molecule has 148 valence electrons. The minimum Gasteiger partial charge on any atom is -0.490 e. The fourth-order valence-electron chi connectivity index (χ4n) is 2.42. The van der Waals surface area contributed by atoms with E-state index < -0.39 is 0 Å². The number of nitrogens with zero attached hydrogens (tertiary/aromatic N) is 1. The van der Waals surface area contributed by atoms with Crippen LogP contribution < -0.4 is 20.1 Å². The van der Waals surface area contributed by atoms with Gasteiger partial charge in [-0.25, -0.2) is 4.98 Å². The van der Waals surface area contributed by atoms with Crippen molar-refractivity contribution in [3.05, 3.63) is 52.8 Å². The lowest BCUT2D eigenvalue weighted by molar-refractivity contribution is 0.191. The molecular weight excluding hydrogens is 366 g/mol. The lowest BCUT2D eigenvalue weighted by Crippen LogP contribution is -2.31. The highest BCUT2D eigenvalue weighted by Gasteiger charge is 2.07. The number of aromatic nitrogens is 1. The van der Waals surface area contributed by atoms with E-state index in [9.17, 15) is 5.11 Å². The standard InChI is InChI=1S/C20H28ClN3O3/c1-3-26-19-10-16(12-23-9-8-22-11-15(2)25)4-6-18(19)27-14-17-5-7-20(21)24-13-17/h4-7,10,13,15,22-23,25H,3,8-9,11-12,14H2,1-2H3. The molecule has 0 spiro atoms. The van der Waals surface area contributed by atoms with Crippen LogP contribution in [0.3, 0.4) is 0 Å². The van der Waals surface area contributed by atoms with Gasteiger partial charge >= 0.3 is 0 Å². The maximum Gasteiger partial charge on any atom is 0.161 e. The molecule has 0 saturated carbocycles. The van der Waals surface area contributed by atoms with Crippen molar-refractivity contribution >= 4 is 11.6 Å². The molecule has 0 aliphatic carbocycles. The van der Waals surface area contributed by atoms with E-state index in [1.807, 2.05) is 31.2 Å². The summed E-state index contributed by atoms with van der Waals surface area (Å²) in [5.74, 6) is 1.43. The van der Waals surface area contributed by atoms with E-state index in [4.69, 9.17) is 21.1 Å². The molecule has 6 nitrogen and oxygen atoms in total. The topological polar surface area (TPSA) is 75.6 Å². The molecule has 2 aromatic rings. The van der Waals surface area contributed by atoms with Gasteiger partial charge in [-0.3, -0.25) is 0 Å². The van der Waals surface area contributed by atoms with E-state index >= 15 is 0 Å². The summed E-state index contributed by atoms with van der Waals surface area (Å²) in [6.07, 6.45) is 1.38. The van der Waals surface area contributed by atoms with Crippen LogP contribution in [-0.2, 0) is 13.2 Å². The first-order valence-electron chi connectivity index (χ1n) is 9.17. The summed E-state index contributed by atoms with van der Waals surface area (Å²) >= 11 is 5.80. The summed E-state index contributed by atoms with van der Waals surface area (Å²) in [7, 11) is 0. The highest BCUT2D eigenvalue weighted by molar-refractivity contribution is 6.29. The Kier molecular flexibility index (Phi) is 9.35. The van der Waals surface area contributed by atoms with Crippen molar-refractivity contribution in [3.63, 3.8) is 0 Å². The third-order valence-electron chi connectivity index (χ3n) is 3.74. The molecule has 0 saturated heterocycles. The predicted molar refractivity (Wildman–Crippen MR) is 107 cm³/mol. The smallest absolute Gasteiger partial charge is 0.161 e. The van der Waals surface area contributed by atoms with Gasteiger partial charge in [0.15, 0.2) is 11.5 Å². The molecule has 0 radical (unpaired) electrons. The number of benzene rings is 1. The maximum atomic E-state index is 9.20. The van der Waals surface area contributed by atoms with Crippen molar-refractivity contribution in [1.29, 1.82) is 0 Å². The minimum atomic E-state index is -0.324. The summed E-state index contributed by atoms with van der Waals surface area (Å²) in [4.78, 5) is 4.06. The average molecular weight is 394 g/mol. The quantitative estimate of drug-likeness (QED) is 0.380. The van der Waals surface area contributed by atoms with Crippen molar-refractivity contribution in [2.24, 2.45) is 0 Å². The number of ether oxygens (including phenoxy) is 2. The molecule has 3 N–H and O–H groups in total. The number of hydrogen-bond donors (Lipinski definition) is 3. The first-order chi connectivity index (χ1) is 13.1. The lowest BCUT2D eigenvalue weighted by Gasteiger charge is -2.14. The number of pyridine rings is 1. The summed E-state index contributed by atoms with van der Waals surface area (Å²) in [5.41, 5.74) is 2.06. The summed E-state index contributed by atoms with van der Waals surface area (Å²) in [6, 6.07) is 9.58. The van der Waals surface area contributed by atoms with Gasteiger partial charge in [-0.15, -0.1) is 0 Å². The Hall–Kier alpha value is -1.86. The molecule has 1 aromatic heterocycles. The highest BCUT2D eigenvalue weighted by atomic mass is 35.5. The number of rotatable bonds is 12. The van der Waals surface area contributed by atoms with Crippen LogP contribution in [0.1, 0.15) is 25.0 Å². The van der Waals surface area contributed by atoms with Crippen molar-refractivity contribution < 1.29 is 14.6 Å². The molecule has 1 heterocycles. The molecule has 0 aliphatic heterocycles. The Morgan fingerprint density at radius 2 is 1.85 bits per heavy atom. The second-order valence-corrected chi connectivity index (χ2v) is 6.61. The molecule has 1 aromatic carbocycles. The molecule has 2 rings (SSSR count). The first-order valence-corrected chi connectivity index (χ1v) is 9.54. The highest BCUT2D eigenvalue weighted by Crippen LogP contribution is 2.29. The molecule has 0 bridgehead atoms. The Labute approximate surface area is 165 Å². The zero-order valence-electron chi connectivity index (χ0n) is 15.9. The van der Waals surface area contributed by atoms with E-state index in [2.05, 4.69) is 15.6 Å². The van der Waals surface area contributed by atoms with E-state index in [0.717, 1.165) is 36.5 Å². The predicted octanol–water partition coefficient (Wildman–Crippen LogP) is 2.77. The van der Waals surface area contributed by atoms with Crippen molar-refractivity contribution in [2.75, 3.05) is 26.2 Å². The molecule has 0 fully saturated rings. The van der Waals surface area contributed by atoms with E-state index in [1.54, 1.807) is 19.2 Å². The van der Waals surface area contributed by atoms with Gasteiger partial charge in [0.05, 0.1) is 12.7 Å². The normalized spacial score (nSPS) is 12.0. The second kappa shape index (κ2) is 11.8. The van der Waals surface area contributed by atoms with Crippen LogP contribution in [0.15, 0.2) is 36.5 Å². The average Bonchev–Trinajstić information content (AvgIpc) is 2.65. The number of halogens is 1. The zero-order valence-corrected chi connectivity index (χ0v) is 16.6. The minimum absolute atomic E-state index is 0.324. The molecule has 7 heteroatoms. The molecular formula is C20H28ClN3O3. The van der Waals surface area contributed by atoms with Crippen molar-refractivity contribution in [3.8, 4) is 11.5 Å². The molecule has 1 atom stereocenters. The molecule has 0 aliphatic rings. The largest absolute Gasteiger partial charge is 0.490 e. The number of aliphatic hydroxyl groups excluding tert-OH is 1. The van der Waals surface area contributed by atoms with Crippen LogP contribution in [0.5, 0.6) is 11.5 Å². The Morgan fingerprint density at radius 3 is 2.56 bits per heavy atom. The van der Waals surface area contributed by atoms with Crippen molar-refractivity contribution in [2.45, 2.75) is 33.1 Å². The van der Waals surface area contributed by atoms with Crippen LogP contribution in [0.2, 0.25) is 5.15 Å². The Bertz CT molecular complexity index is 681. The van der Waals surface area contributed by atoms with Crippen LogP contribution in [0, 0.1) is 0 Å². The lowest BCUT2D eigenvalue weighted by atomic mass is 10.2. The van der Waals surface area contributed by atoms with Gasteiger partial charge in [-0.2, -0.15) is 0 Å². The fraction of sp³-hybridized carbons (Fsp3) is 0.450. The summed E-state index contributed by atoms with van der Waals surface area (Å²) < 4.78 is 11.6. The van der Waals surface area contributed by atoms with Gasteiger partial charge in [-0.1, -0.05) is 23.7 Å². The third-order valence-corrected chi connectivity index (χ3v) is 3.96. The van der Waals surface area contributed by atoms with Crippen LogP contribution in [0.25, 0.3) is 0 Å². The second-order valence-electron chi connectivity index (χ2n) is 6.22. The summed E-state index contributed by atoms with van der Waals surface area (Å²) in [6.45, 7) is 7.64. The van der Waals surface area contributed by atoms with Gasteiger partial charge in [0.2, 0.25) is 0 Å². The number of aliphatic hydroxyl groups is 1. The van der Waals surface area contributed by atoms with E-state index in [-0.39, 0.29) is 6.10 Å². The number of nitrogens with one attached hydrogen (secondary N) is 2. The van der Waals surface area contributed by atoms with Gasteiger partial charge in [-0.05, 0) is 37.6 Å². The first kappa shape index (κ1) is 21.4.